The fourth-order valence-electron chi connectivity index (χ4n) is 1.30. The van der Waals surface area contributed by atoms with Gasteiger partial charge in [-0.1, -0.05) is 26.0 Å². The molecule has 0 bridgehead atoms. The highest BCUT2D eigenvalue weighted by Gasteiger charge is 2.15. The van der Waals surface area contributed by atoms with E-state index in [-0.39, 0.29) is 11.2 Å². The van der Waals surface area contributed by atoms with Gasteiger partial charge in [0.1, 0.15) is 5.82 Å². The molecule has 0 aliphatic rings. The maximum atomic E-state index is 13.6. The molecule has 1 unspecified atom stereocenters. The Bertz CT molecular complexity index is 312. The molecule has 0 amide bonds. The van der Waals surface area contributed by atoms with E-state index in [0.29, 0.717) is 16.0 Å². The summed E-state index contributed by atoms with van der Waals surface area (Å²) in [5, 5.41) is -0.243. The van der Waals surface area contributed by atoms with E-state index in [4.69, 9.17) is 11.6 Å². The van der Waals surface area contributed by atoms with Crippen molar-refractivity contribution in [2.75, 3.05) is 0 Å². The Morgan fingerprint density at radius 2 is 2.07 bits per heavy atom. The van der Waals surface area contributed by atoms with Crippen LogP contribution in [0.2, 0.25) is 0 Å². The highest BCUT2D eigenvalue weighted by molar-refractivity contribution is 9.10. The molecule has 0 aliphatic heterocycles. The Morgan fingerprint density at radius 3 is 2.64 bits per heavy atom. The summed E-state index contributed by atoms with van der Waals surface area (Å²) >= 11 is 9.26. The molecule has 0 saturated carbocycles. The molecule has 0 aliphatic carbocycles. The van der Waals surface area contributed by atoms with Crippen LogP contribution in [0.15, 0.2) is 22.7 Å². The third-order valence-corrected chi connectivity index (χ3v) is 3.02. The molecule has 0 saturated heterocycles. The molecule has 3 heteroatoms. The first kappa shape index (κ1) is 12.0. The summed E-state index contributed by atoms with van der Waals surface area (Å²) in [5.74, 6) is 0.226. The van der Waals surface area contributed by atoms with Crippen LogP contribution in [0, 0.1) is 11.7 Å². The Labute approximate surface area is 97.6 Å². The second-order valence-corrected chi connectivity index (χ2v) is 5.12. The topological polar surface area (TPSA) is 0 Å². The monoisotopic (exact) mass is 278 g/mol. The van der Waals surface area contributed by atoms with E-state index < -0.39 is 0 Å². The van der Waals surface area contributed by atoms with Crippen molar-refractivity contribution < 1.29 is 4.39 Å². The van der Waals surface area contributed by atoms with Gasteiger partial charge in [0.25, 0.3) is 0 Å². The summed E-state index contributed by atoms with van der Waals surface area (Å²) in [7, 11) is 0. The number of hydrogen-bond donors (Lipinski definition) is 0. The summed E-state index contributed by atoms with van der Waals surface area (Å²) in [4.78, 5) is 0. The average molecular weight is 280 g/mol. The maximum Gasteiger partial charge on any atom is 0.142 e. The fourth-order valence-corrected chi connectivity index (χ4v) is 2.21. The van der Waals surface area contributed by atoms with Gasteiger partial charge in [0.05, 0.1) is 9.85 Å². The van der Waals surface area contributed by atoms with E-state index in [1.165, 1.54) is 0 Å². The first-order chi connectivity index (χ1) is 6.52. The summed E-state index contributed by atoms with van der Waals surface area (Å²) in [5.41, 5.74) is 0.578. The molecule has 78 valence electrons. The van der Waals surface area contributed by atoms with Crippen LogP contribution < -0.4 is 0 Å². The van der Waals surface area contributed by atoms with Gasteiger partial charge < -0.3 is 0 Å². The predicted octanol–water partition coefficient (Wildman–Crippen LogP) is 4.91. The smallest absolute Gasteiger partial charge is 0.142 e. The number of hydrogen-bond acceptors (Lipinski definition) is 0. The lowest BCUT2D eigenvalue weighted by Crippen LogP contribution is -1.99. The van der Waals surface area contributed by atoms with Gasteiger partial charge >= 0.3 is 0 Å². The number of halogens is 3. The van der Waals surface area contributed by atoms with Crippen molar-refractivity contribution in [3.05, 3.63) is 34.1 Å². The molecule has 1 aromatic rings. The molecule has 0 fully saturated rings. The van der Waals surface area contributed by atoms with Gasteiger partial charge in [0, 0.05) is 5.56 Å². The summed E-state index contributed by atoms with van der Waals surface area (Å²) in [6, 6.07) is 5.22. The molecule has 0 nitrogen and oxygen atoms in total. The van der Waals surface area contributed by atoms with Gasteiger partial charge in [-0.15, -0.1) is 11.6 Å². The van der Waals surface area contributed by atoms with Crippen molar-refractivity contribution in [1.29, 1.82) is 0 Å². The minimum Gasteiger partial charge on any atom is -0.205 e. The zero-order valence-electron chi connectivity index (χ0n) is 8.23. The van der Waals surface area contributed by atoms with E-state index in [0.717, 1.165) is 6.42 Å². The van der Waals surface area contributed by atoms with Crippen LogP contribution in [0.25, 0.3) is 0 Å². The SMILES string of the molecule is CC(C)CC(Cl)c1cccc(Br)c1F. The van der Waals surface area contributed by atoms with Crippen LogP contribution >= 0.6 is 27.5 Å². The normalized spacial score (nSPS) is 13.3. The first-order valence-corrected chi connectivity index (χ1v) is 5.83. The van der Waals surface area contributed by atoms with E-state index in [2.05, 4.69) is 29.8 Å². The lowest BCUT2D eigenvalue weighted by atomic mass is 10.0. The highest BCUT2D eigenvalue weighted by atomic mass is 79.9. The minimum atomic E-state index is -0.243. The fraction of sp³-hybridized carbons (Fsp3) is 0.455. The first-order valence-electron chi connectivity index (χ1n) is 4.60. The second-order valence-electron chi connectivity index (χ2n) is 3.74. The van der Waals surface area contributed by atoms with Gasteiger partial charge in [-0.05, 0) is 34.3 Å². The van der Waals surface area contributed by atoms with Crippen LogP contribution in [-0.2, 0) is 0 Å². The van der Waals surface area contributed by atoms with Gasteiger partial charge in [-0.2, -0.15) is 0 Å². The Morgan fingerprint density at radius 1 is 1.43 bits per heavy atom. The number of benzene rings is 1. The Kier molecular flexibility index (Phi) is 4.39. The Hall–Kier alpha value is -0.0800. The zero-order chi connectivity index (χ0) is 10.7. The molecule has 0 aromatic heterocycles. The van der Waals surface area contributed by atoms with Crippen LogP contribution in [-0.4, -0.2) is 0 Å². The summed E-state index contributed by atoms with van der Waals surface area (Å²) in [6.45, 7) is 4.15. The third kappa shape index (κ3) is 2.96. The number of alkyl halides is 1. The summed E-state index contributed by atoms with van der Waals surface area (Å²) in [6.07, 6.45) is 0.787. The molecular formula is C11H13BrClF. The lowest BCUT2D eigenvalue weighted by Gasteiger charge is -2.13. The van der Waals surface area contributed by atoms with Gasteiger partial charge in [0.15, 0.2) is 0 Å². The molecule has 0 spiro atoms. The number of rotatable bonds is 3. The van der Waals surface area contributed by atoms with Gasteiger partial charge in [-0.25, -0.2) is 4.39 Å². The quantitative estimate of drug-likeness (QED) is 0.689. The van der Waals surface area contributed by atoms with Gasteiger partial charge in [0.2, 0.25) is 0 Å². The molecule has 0 heterocycles. The molecule has 0 N–H and O–H groups in total. The van der Waals surface area contributed by atoms with Crippen molar-refractivity contribution in [3.8, 4) is 0 Å². The Balaban J connectivity index is 2.89. The molecule has 0 radical (unpaired) electrons. The standard InChI is InChI=1S/C11H13BrClF/c1-7(2)6-10(13)8-4-3-5-9(12)11(8)14/h3-5,7,10H,6H2,1-2H3. The molecular weight excluding hydrogens is 266 g/mol. The van der Waals surface area contributed by atoms with Crippen molar-refractivity contribution >= 4 is 27.5 Å². The minimum absolute atomic E-state index is 0.242. The van der Waals surface area contributed by atoms with Crippen LogP contribution in [0.3, 0.4) is 0 Å². The van der Waals surface area contributed by atoms with E-state index in [9.17, 15) is 4.39 Å². The molecule has 14 heavy (non-hydrogen) atoms. The van der Waals surface area contributed by atoms with Crippen LogP contribution in [0.4, 0.5) is 4.39 Å². The lowest BCUT2D eigenvalue weighted by molar-refractivity contribution is 0.545. The largest absolute Gasteiger partial charge is 0.205 e. The average Bonchev–Trinajstić information content (AvgIpc) is 2.08. The van der Waals surface area contributed by atoms with Gasteiger partial charge in [-0.3, -0.25) is 0 Å². The van der Waals surface area contributed by atoms with Crippen molar-refractivity contribution in [2.45, 2.75) is 25.6 Å². The molecule has 1 aromatic carbocycles. The van der Waals surface area contributed by atoms with Crippen molar-refractivity contribution in [3.63, 3.8) is 0 Å². The summed E-state index contributed by atoms with van der Waals surface area (Å²) < 4.78 is 14.0. The van der Waals surface area contributed by atoms with Crippen molar-refractivity contribution in [2.24, 2.45) is 5.92 Å². The van der Waals surface area contributed by atoms with Crippen molar-refractivity contribution in [1.82, 2.24) is 0 Å². The molecule has 1 rings (SSSR count). The zero-order valence-corrected chi connectivity index (χ0v) is 10.6. The predicted molar refractivity (Wildman–Crippen MR) is 62.1 cm³/mol. The highest BCUT2D eigenvalue weighted by Crippen LogP contribution is 2.32. The van der Waals surface area contributed by atoms with E-state index >= 15 is 0 Å². The third-order valence-electron chi connectivity index (χ3n) is 2.00. The molecule has 1 atom stereocenters. The second kappa shape index (κ2) is 5.13. The van der Waals surface area contributed by atoms with Crippen LogP contribution in [0.1, 0.15) is 31.2 Å². The maximum absolute atomic E-state index is 13.6. The van der Waals surface area contributed by atoms with Crippen LogP contribution in [0.5, 0.6) is 0 Å². The van der Waals surface area contributed by atoms with E-state index in [1.54, 1.807) is 18.2 Å². The van der Waals surface area contributed by atoms with E-state index in [1.807, 2.05) is 0 Å².